The van der Waals surface area contributed by atoms with Gasteiger partial charge in [-0.2, -0.15) is 0 Å². The minimum Gasteiger partial charge on any atom is -0.494 e. The van der Waals surface area contributed by atoms with E-state index in [1.54, 1.807) is 28.4 Å². The third-order valence-electron chi connectivity index (χ3n) is 8.05. The molecule has 6 atom stereocenters. The Morgan fingerprint density at radius 2 is 2.03 bits per heavy atom. The van der Waals surface area contributed by atoms with Crippen molar-refractivity contribution in [2.45, 2.75) is 30.3 Å². The van der Waals surface area contributed by atoms with Crippen molar-refractivity contribution in [3.05, 3.63) is 23.3 Å². The van der Waals surface area contributed by atoms with Gasteiger partial charge in [-0.05, 0) is 18.8 Å². The van der Waals surface area contributed by atoms with E-state index in [0.717, 1.165) is 42.3 Å². The van der Waals surface area contributed by atoms with Crippen molar-refractivity contribution in [1.29, 1.82) is 0 Å². The molecule has 0 N–H and O–H groups in total. The number of hydrogen-bond donors (Lipinski definition) is 0. The maximum Gasteiger partial charge on any atom is 0.201 e. The molecule has 1 aromatic carbocycles. The maximum absolute atomic E-state index is 6.46. The minimum absolute atomic E-state index is 0.302. The van der Waals surface area contributed by atoms with Crippen LogP contribution in [0.2, 0.25) is 0 Å². The van der Waals surface area contributed by atoms with E-state index in [2.05, 4.69) is 11.0 Å². The van der Waals surface area contributed by atoms with E-state index in [4.69, 9.17) is 28.7 Å². The Kier molecular flexibility index (Phi) is 3.93. The van der Waals surface area contributed by atoms with Gasteiger partial charge in [-0.25, -0.2) is 4.99 Å². The molecule has 1 spiro atoms. The summed E-state index contributed by atoms with van der Waals surface area (Å²) in [6.45, 7) is 2.39. The molecule has 0 saturated carbocycles. The predicted molar refractivity (Wildman–Crippen MR) is 111 cm³/mol. The van der Waals surface area contributed by atoms with E-state index in [9.17, 15) is 0 Å². The number of ether oxygens (including phenoxy) is 5. The summed E-state index contributed by atoms with van der Waals surface area (Å²) in [5, 5.41) is 0. The van der Waals surface area contributed by atoms with Gasteiger partial charge in [-0.15, -0.1) is 0 Å². The van der Waals surface area contributed by atoms with Gasteiger partial charge >= 0.3 is 0 Å². The van der Waals surface area contributed by atoms with Crippen LogP contribution >= 0.6 is 0 Å². The van der Waals surface area contributed by atoms with Gasteiger partial charge in [0, 0.05) is 43.3 Å². The number of aliphatic imine (C=N–C) groups is 1. The highest BCUT2D eigenvalue weighted by Crippen LogP contribution is 2.66. The lowest BCUT2D eigenvalue weighted by atomic mass is 9.68. The van der Waals surface area contributed by atoms with E-state index in [1.807, 2.05) is 6.07 Å². The van der Waals surface area contributed by atoms with Crippen LogP contribution in [-0.2, 0) is 14.9 Å². The molecule has 7 nitrogen and oxygen atoms in total. The molecule has 0 aliphatic carbocycles. The molecule has 6 unspecified atom stereocenters. The molecule has 30 heavy (non-hydrogen) atoms. The van der Waals surface area contributed by atoms with Crippen molar-refractivity contribution in [3.8, 4) is 17.2 Å². The third kappa shape index (κ3) is 2.05. The van der Waals surface area contributed by atoms with Crippen LogP contribution in [0.4, 0.5) is 5.69 Å². The number of fused-ring (bicyclic) bond motifs is 2. The fourth-order valence-electron chi connectivity index (χ4n) is 6.91. The average molecular weight is 412 g/mol. The highest BCUT2D eigenvalue weighted by molar-refractivity contribution is 6.01. The number of benzene rings is 1. The SMILES string of the molecule is COCC=C1CN2C3CC45C(=Nc6c(OC)cc(OC)c(OC)c64)OCC3C1CC25. The Morgan fingerprint density at radius 3 is 2.77 bits per heavy atom. The van der Waals surface area contributed by atoms with Crippen molar-refractivity contribution in [2.24, 2.45) is 16.8 Å². The summed E-state index contributed by atoms with van der Waals surface area (Å²) in [7, 11) is 6.81. The molecule has 0 radical (unpaired) electrons. The minimum atomic E-state index is -0.302. The molecule has 6 aliphatic heterocycles. The van der Waals surface area contributed by atoms with Crippen molar-refractivity contribution >= 4 is 11.6 Å². The van der Waals surface area contributed by atoms with Gasteiger partial charge in [0.1, 0.15) is 11.4 Å². The third-order valence-corrected chi connectivity index (χ3v) is 8.05. The highest BCUT2D eigenvalue weighted by Gasteiger charge is 2.70. The molecule has 7 rings (SSSR count). The summed E-state index contributed by atoms with van der Waals surface area (Å²) >= 11 is 0. The molecule has 5 fully saturated rings. The topological polar surface area (TPSA) is 61.8 Å². The predicted octanol–water partition coefficient (Wildman–Crippen LogP) is 2.69. The van der Waals surface area contributed by atoms with Crippen LogP contribution < -0.4 is 14.2 Å². The first-order chi connectivity index (χ1) is 14.7. The molecule has 5 saturated heterocycles. The van der Waals surface area contributed by atoms with Gasteiger partial charge in [0.2, 0.25) is 5.90 Å². The van der Waals surface area contributed by atoms with Gasteiger partial charge in [-0.3, -0.25) is 4.90 Å². The molecule has 7 heteroatoms. The second-order valence-electron chi connectivity index (χ2n) is 8.94. The van der Waals surface area contributed by atoms with E-state index >= 15 is 0 Å². The molecule has 160 valence electrons. The van der Waals surface area contributed by atoms with Gasteiger partial charge in [-0.1, -0.05) is 11.6 Å². The Bertz CT molecular complexity index is 973. The zero-order valence-corrected chi connectivity index (χ0v) is 17.9. The smallest absolute Gasteiger partial charge is 0.201 e. The highest BCUT2D eigenvalue weighted by atomic mass is 16.5. The van der Waals surface area contributed by atoms with Crippen LogP contribution in [0.15, 0.2) is 22.7 Å². The van der Waals surface area contributed by atoms with E-state index in [1.165, 1.54) is 5.57 Å². The Hall–Kier alpha value is -2.25. The summed E-state index contributed by atoms with van der Waals surface area (Å²) in [6, 6.07) is 2.70. The van der Waals surface area contributed by atoms with E-state index < -0.39 is 0 Å². The van der Waals surface area contributed by atoms with Gasteiger partial charge in [0.25, 0.3) is 0 Å². The number of hydrogen-bond acceptors (Lipinski definition) is 7. The van der Waals surface area contributed by atoms with Crippen LogP contribution in [0.25, 0.3) is 0 Å². The monoisotopic (exact) mass is 412 g/mol. The molecule has 5 bridgehead atoms. The molecule has 0 amide bonds. The Morgan fingerprint density at radius 1 is 1.20 bits per heavy atom. The molecular formula is C23H28N2O5. The summed E-state index contributed by atoms with van der Waals surface area (Å²) in [6.07, 6.45) is 4.40. The standard InChI is InChI=1S/C23H28N2O5/c1-26-6-5-12-10-25-15-9-23-18(25)7-13(12)14(15)11-30-22(23)24-20-16(27-2)8-17(28-3)21(29-4)19(20)23/h5,8,13-15,18H,6-7,9-11H2,1-4H3. The fraction of sp³-hybridized carbons (Fsp3) is 0.609. The fourth-order valence-corrected chi connectivity index (χ4v) is 6.91. The molecule has 1 aromatic rings. The lowest BCUT2D eigenvalue weighted by Gasteiger charge is -2.54. The zero-order valence-electron chi connectivity index (χ0n) is 17.9. The number of piperidine rings is 3. The van der Waals surface area contributed by atoms with Crippen LogP contribution in [0.5, 0.6) is 17.2 Å². The number of methoxy groups -OCH3 is 4. The summed E-state index contributed by atoms with van der Waals surface area (Å²) in [4.78, 5) is 7.70. The van der Waals surface area contributed by atoms with Crippen molar-refractivity contribution in [1.82, 2.24) is 4.90 Å². The van der Waals surface area contributed by atoms with Crippen molar-refractivity contribution in [2.75, 3.05) is 48.2 Å². The molecule has 0 aromatic heterocycles. The van der Waals surface area contributed by atoms with Crippen LogP contribution in [-0.4, -0.2) is 71.1 Å². The van der Waals surface area contributed by atoms with Gasteiger partial charge < -0.3 is 23.7 Å². The van der Waals surface area contributed by atoms with E-state index in [-0.39, 0.29) is 5.41 Å². The molecule has 6 heterocycles. The first kappa shape index (κ1) is 18.5. The van der Waals surface area contributed by atoms with Crippen LogP contribution in [0, 0.1) is 11.8 Å². The normalized spacial score (nSPS) is 38.1. The maximum atomic E-state index is 6.46. The van der Waals surface area contributed by atoms with Crippen LogP contribution in [0.1, 0.15) is 18.4 Å². The number of nitrogens with zero attached hydrogens (tertiary/aromatic N) is 2. The van der Waals surface area contributed by atoms with Crippen molar-refractivity contribution < 1.29 is 23.7 Å². The van der Waals surface area contributed by atoms with Crippen LogP contribution in [0.3, 0.4) is 0 Å². The zero-order chi connectivity index (χ0) is 20.6. The Balaban J connectivity index is 1.54. The summed E-state index contributed by atoms with van der Waals surface area (Å²) < 4.78 is 29.1. The van der Waals surface area contributed by atoms with Crippen molar-refractivity contribution in [3.63, 3.8) is 0 Å². The average Bonchev–Trinajstić information content (AvgIpc) is 3.14. The van der Waals surface area contributed by atoms with E-state index in [0.29, 0.717) is 48.6 Å². The van der Waals surface area contributed by atoms with Gasteiger partial charge in [0.15, 0.2) is 11.5 Å². The lowest BCUT2D eigenvalue weighted by molar-refractivity contribution is -0.0156. The number of rotatable bonds is 5. The lowest BCUT2D eigenvalue weighted by Crippen LogP contribution is -2.61. The first-order valence-electron chi connectivity index (χ1n) is 10.7. The quantitative estimate of drug-likeness (QED) is 0.693. The second-order valence-corrected chi connectivity index (χ2v) is 8.94. The summed E-state index contributed by atoms with van der Waals surface area (Å²) in [5.74, 6) is 4.03. The first-order valence-corrected chi connectivity index (χ1v) is 10.7. The van der Waals surface area contributed by atoms with Gasteiger partial charge in [0.05, 0.1) is 40.0 Å². The second kappa shape index (κ2) is 6.37. The molecular weight excluding hydrogens is 384 g/mol. The summed E-state index contributed by atoms with van der Waals surface area (Å²) in [5.41, 5.74) is 3.12. The Labute approximate surface area is 176 Å². The largest absolute Gasteiger partial charge is 0.494 e. The molecule has 6 aliphatic rings.